The van der Waals surface area contributed by atoms with E-state index >= 15 is 0 Å². The first kappa shape index (κ1) is 18.5. The van der Waals surface area contributed by atoms with Crippen LogP contribution in [0, 0.1) is 13.8 Å². The highest BCUT2D eigenvalue weighted by Crippen LogP contribution is 2.41. The highest BCUT2D eigenvalue weighted by atomic mass is 32.1. The van der Waals surface area contributed by atoms with Crippen LogP contribution in [0.5, 0.6) is 0 Å². The fraction of sp³-hybridized carbons (Fsp3) is 0.550. The molecule has 3 aromatic heterocycles. The highest BCUT2D eigenvalue weighted by Gasteiger charge is 2.32. The Hall–Kier alpha value is -2.55. The summed E-state index contributed by atoms with van der Waals surface area (Å²) < 4.78 is 10.4. The molecule has 4 heterocycles. The number of fused-ring (bicyclic) bond motifs is 1. The Labute approximate surface area is 172 Å². The smallest absolute Gasteiger partial charge is 0.348 e. The zero-order chi connectivity index (χ0) is 20.1. The van der Waals surface area contributed by atoms with E-state index in [1.807, 2.05) is 13.8 Å². The SMILES string of the molecule is COC(=O)c1sc2nc(C)nc(N3CCC(c4noc(C5CC5)n4)CC3)c2c1C. The summed E-state index contributed by atoms with van der Waals surface area (Å²) in [6.07, 6.45) is 4.22. The maximum atomic E-state index is 12.1. The van der Waals surface area contributed by atoms with Gasteiger partial charge in [0.1, 0.15) is 21.3 Å². The monoisotopic (exact) mass is 413 g/mol. The van der Waals surface area contributed by atoms with Crippen molar-refractivity contribution in [3.63, 3.8) is 0 Å². The number of methoxy groups -OCH3 is 1. The molecule has 2 aliphatic rings. The molecule has 1 aliphatic carbocycles. The first-order chi connectivity index (χ1) is 14.0. The minimum Gasteiger partial charge on any atom is -0.465 e. The predicted octanol–water partition coefficient (Wildman–Crippen LogP) is 3.74. The number of carbonyl (C=O) groups excluding carboxylic acids is 1. The Bertz CT molecular complexity index is 1080. The molecule has 0 radical (unpaired) electrons. The first-order valence-electron chi connectivity index (χ1n) is 9.99. The summed E-state index contributed by atoms with van der Waals surface area (Å²) in [7, 11) is 1.40. The zero-order valence-corrected chi connectivity index (χ0v) is 17.6. The number of aryl methyl sites for hydroxylation is 2. The van der Waals surface area contributed by atoms with Crippen molar-refractivity contribution in [2.75, 3.05) is 25.1 Å². The van der Waals surface area contributed by atoms with Crippen LogP contribution in [0.1, 0.15) is 70.3 Å². The van der Waals surface area contributed by atoms with Crippen molar-refractivity contribution in [3.8, 4) is 0 Å². The third-order valence-corrected chi connectivity index (χ3v) is 6.96. The second-order valence-corrected chi connectivity index (χ2v) is 8.85. The number of esters is 1. The number of rotatable bonds is 4. The van der Waals surface area contributed by atoms with E-state index in [1.54, 1.807) is 0 Å². The molecule has 29 heavy (non-hydrogen) atoms. The van der Waals surface area contributed by atoms with Crippen molar-refractivity contribution in [1.29, 1.82) is 0 Å². The largest absolute Gasteiger partial charge is 0.465 e. The van der Waals surface area contributed by atoms with Crippen LogP contribution in [-0.4, -0.2) is 46.3 Å². The van der Waals surface area contributed by atoms with E-state index in [0.29, 0.717) is 22.5 Å². The van der Waals surface area contributed by atoms with E-state index in [1.165, 1.54) is 18.4 Å². The summed E-state index contributed by atoms with van der Waals surface area (Å²) in [5.41, 5.74) is 0.890. The number of hydrogen-bond acceptors (Lipinski definition) is 9. The van der Waals surface area contributed by atoms with Crippen molar-refractivity contribution in [3.05, 3.63) is 28.0 Å². The normalized spacial score (nSPS) is 17.8. The molecule has 9 heteroatoms. The maximum absolute atomic E-state index is 12.1. The summed E-state index contributed by atoms with van der Waals surface area (Å²) in [6, 6.07) is 0. The van der Waals surface area contributed by atoms with Crippen molar-refractivity contribution >= 4 is 33.3 Å². The lowest BCUT2D eigenvalue weighted by Gasteiger charge is -2.32. The van der Waals surface area contributed by atoms with Crippen LogP contribution >= 0.6 is 11.3 Å². The predicted molar refractivity (Wildman–Crippen MR) is 109 cm³/mol. The van der Waals surface area contributed by atoms with E-state index in [0.717, 1.165) is 72.1 Å². The number of ether oxygens (including phenoxy) is 1. The number of carbonyl (C=O) groups is 1. The molecular weight excluding hydrogens is 390 g/mol. The van der Waals surface area contributed by atoms with E-state index in [2.05, 4.69) is 20.0 Å². The molecule has 0 aromatic carbocycles. The third kappa shape index (κ3) is 3.27. The van der Waals surface area contributed by atoms with Gasteiger partial charge in [0.05, 0.1) is 12.5 Å². The Morgan fingerprint density at radius 3 is 2.55 bits per heavy atom. The molecule has 0 spiro atoms. The molecule has 0 amide bonds. The van der Waals surface area contributed by atoms with Gasteiger partial charge in [-0.05, 0) is 45.1 Å². The van der Waals surface area contributed by atoms with Crippen LogP contribution in [0.4, 0.5) is 5.82 Å². The molecule has 0 N–H and O–H groups in total. The Balaban J connectivity index is 1.41. The van der Waals surface area contributed by atoms with Crippen LogP contribution in [0.3, 0.4) is 0 Å². The van der Waals surface area contributed by atoms with Gasteiger partial charge in [-0.1, -0.05) is 5.16 Å². The molecule has 3 aromatic rings. The van der Waals surface area contributed by atoms with E-state index in [4.69, 9.17) is 14.2 Å². The number of piperidine rings is 1. The molecule has 1 saturated carbocycles. The van der Waals surface area contributed by atoms with E-state index < -0.39 is 0 Å². The van der Waals surface area contributed by atoms with Crippen LogP contribution in [0.25, 0.3) is 10.2 Å². The molecule has 152 valence electrons. The van der Waals surface area contributed by atoms with Gasteiger partial charge in [0.15, 0.2) is 5.82 Å². The second kappa shape index (κ2) is 7.05. The standard InChI is InChI=1S/C20H23N5O3S/c1-10-14-17(21-11(2)22-19(14)29-15(10)20(26)27-3)25-8-6-12(7-9-25)16-23-18(28-24-16)13-4-5-13/h12-13H,4-9H2,1-3H3. The summed E-state index contributed by atoms with van der Waals surface area (Å²) >= 11 is 1.37. The Morgan fingerprint density at radius 1 is 1.10 bits per heavy atom. The molecule has 1 aliphatic heterocycles. The zero-order valence-electron chi connectivity index (χ0n) is 16.8. The minimum absolute atomic E-state index is 0.315. The molecule has 0 atom stereocenters. The average molecular weight is 414 g/mol. The highest BCUT2D eigenvalue weighted by molar-refractivity contribution is 7.20. The van der Waals surface area contributed by atoms with Gasteiger partial charge in [-0.25, -0.2) is 14.8 Å². The molecular formula is C20H23N5O3S. The number of thiophene rings is 1. The van der Waals surface area contributed by atoms with Gasteiger partial charge in [-0.15, -0.1) is 11.3 Å². The van der Waals surface area contributed by atoms with E-state index in [9.17, 15) is 4.79 Å². The van der Waals surface area contributed by atoms with Crippen LogP contribution in [0.15, 0.2) is 4.52 Å². The topological polar surface area (TPSA) is 94.2 Å². The van der Waals surface area contributed by atoms with Gasteiger partial charge in [0.2, 0.25) is 5.89 Å². The lowest BCUT2D eigenvalue weighted by molar-refractivity contribution is 0.0605. The fourth-order valence-corrected chi connectivity index (χ4v) is 5.14. The number of nitrogens with zero attached hydrogens (tertiary/aromatic N) is 5. The second-order valence-electron chi connectivity index (χ2n) is 7.85. The summed E-state index contributed by atoms with van der Waals surface area (Å²) in [4.78, 5) is 29.8. The van der Waals surface area contributed by atoms with Gasteiger partial charge in [0, 0.05) is 24.9 Å². The van der Waals surface area contributed by atoms with Crippen molar-refractivity contribution in [2.45, 2.75) is 51.4 Å². The van der Waals surface area contributed by atoms with E-state index in [-0.39, 0.29) is 5.97 Å². The summed E-state index contributed by atoms with van der Waals surface area (Å²) in [5.74, 6) is 3.74. The van der Waals surface area contributed by atoms with Gasteiger partial charge >= 0.3 is 5.97 Å². The van der Waals surface area contributed by atoms with Crippen molar-refractivity contribution in [2.24, 2.45) is 0 Å². The third-order valence-electron chi connectivity index (χ3n) is 5.80. The molecule has 2 fully saturated rings. The Morgan fingerprint density at radius 2 is 1.86 bits per heavy atom. The lowest BCUT2D eigenvalue weighted by atomic mass is 9.96. The van der Waals surface area contributed by atoms with Crippen molar-refractivity contribution in [1.82, 2.24) is 20.1 Å². The summed E-state index contributed by atoms with van der Waals surface area (Å²) in [6.45, 7) is 5.54. The summed E-state index contributed by atoms with van der Waals surface area (Å²) in [5, 5.41) is 5.18. The van der Waals surface area contributed by atoms with Crippen molar-refractivity contribution < 1.29 is 14.1 Å². The first-order valence-corrected chi connectivity index (χ1v) is 10.8. The van der Waals surface area contributed by atoms with Crippen LogP contribution in [0.2, 0.25) is 0 Å². The molecule has 5 rings (SSSR count). The minimum atomic E-state index is -0.323. The Kier molecular flexibility index (Phi) is 4.49. The molecule has 0 bridgehead atoms. The molecule has 1 saturated heterocycles. The van der Waals surface area contributed by atoms with Gasteiger partial charge < -0.3 is 14.2 Å². The molecule has 8 nitrogen and oxygen atoms in total. The van der Waals surface area contributed by atoms with Gasteiger partial charge in [0.25, 0.3) is 0 Å². The van der Waals surface area contributed by atoms with Gasteiger partial charge in [-0.3, -0.25) is 0 Å². The maximum Gasteiger partial charge on any atom is 0.348 e. The van der Waals surface area contributed by atoms with Crippen LogP contribution < -0.4 is 4.90 Å². The lowest BCUT2D eigenvalue weighted by Crippen LogP contribution is -2.34. The quantitative estimate of drug-likeness (QED) is 0.597. The van der Waals surface area contributed by atoms with Crippen LogP contribution in [-0.2, 0) is 4.74 Å². The van der Waals surface area contributed by atoms with Gasteiger partial charge in [-0.2, -0.15) is 4.98 Å². The number of hydrogen-bond donors (Lipinski definition) is 0. The average Bonchev–Trinajstić information content (AvgIpc) is 3.37. The number of aromatic nitrogens is 4. The number of anilines is 1. The molecule has 0 unspecified atom stereocenters. The fourth-order valence-electron chi connectivity index (χ4n) is 4.00.